The first-order chi connectivity index (χ1) is 7.22. The lowest BCUT2D eigenvalue weighted by Gasteiger charge is -2.10. The summed E-state index contributed by atoms with van der Waals surface area (Å²) in [5.74, 6) is 2.74. The molecule has 0 fully saturated rings. The molecule has 15 heavy (non-hydrogen) atoms. The van der Waals surface area contributed by atoms with Crippen LogP contribution in [0.15, 0.2) is 5.16 Å². The number of nitrogens with two attached hydrogens (primary N) is 1. The van der Waals surface area contributed by atoms with Crippen LogP contribution in [-0.2, 0) is 13.6 Å². The van der Waals surface area contributed by atoms with Crippen molar-refractivity contribution >= 4 is 11.8 Å². The Balaban J connectivity index is 2.53. The average Bonchev–Trinajstić information content (AvgIpc) is 2.61. The van der Waals surface area contributed by atoms with Crippen LogP contribution >= 0.6 is 11.8 Å². The van der Waals surface area contributed by atoms with Crippen molar-refractivity contribution in [3.63, 3.8) is 0 Å². The summed E-state index contributed by atoms with van der Waals surface area (Å²) in [6.45, 7) is 4.92. The van der Waals surface area contributed by atoms with Crippen LogP contribution in [0.3, 0.4) is 0 Å². The third kappa shape index (κ3) is 3.21. The molecule has 0 atom stereocenters. The van der Waals surface area contributed by atoms with E-state index in [0.29, 0.717) is 6.54 Å². The molecule has 86 valence electrons. The number of rotatable bonds is 6. The summed E-state index contributed by atoms with van der Waals surface area (Å²) in [6.07, 6.45) is 2.45. The summed E-state index contributed by atoms with van der Waals surface area (Å²) in [7, 11) is 1.97. The van der Waals surface area contributed by atoms with E-state index in [1.54, 1.807) is 11.8 Å². The third-order valence-corrected chi connectivity index (χ3v) is 3.96. The number of thioether (sulfide) groups is 1. The molecular formula is C10H20N4S. The molecule has 2 N–H and O–H groups in total. The van der Waals surface area contributed by atoms with Crippen molar-refractivity contribution in [1.82, 2.24) is 14.8 Å². The maximum atomic E-state index is 5.54. The molecule has 0 saturated carbocycles. The number of hydrogen-bond donors (Lipinski definition) is 1. The van der Waals surface area contributed by atoms with Gasteiger partial charge in [-0.25, -0.2) is 0 Å². The first-order valence-electron chi connectivity index (χ1n) is 5.44. The lowest BCUT2D eigenvalue weighted by atomic mass is 10.1. The minimum absolute atomic E-state index is 0.453. The van der Waals surface area contributed by atoms with Gasteiger partial charge in [-0.05, 0) is 5.92 Å². The van der Waals surface area contributed by atoms with Gasteiger partial charge in [0.05, 0.1) is 6.54 Å². The molecule has 5 heteroatoms. The summed E-state index contributed by atoms with van der Waals surface area (Å²) in [5.41, 5.74) is 5.54. The van der Waals surface area contributed by atoms with Crippen molar-refractivity contribution in [3.05, 3.63) is 5.82 Å². The van der Waals surface area contributed by atoms with E-state index >= 15 is 0 Å². The topological polar surface area (TPSA) is 56.7 Å². The molecule has 1 aromatic heterocycles. The predicted octanol–water partition coefficient (Wildman–Crippen LogP) is 1.80. The Hall–Kier alpha value is -0.550. The molecule has 1 heterocycles. The van der Waals surface area contributed by atoms with Gasteiger partial charge in [0.25, 0.3) is 0 Å². The zero-order valence-electron chi connectivity index (χ0n) is 9.73. The van der Waals surface area contributed by atoms with Gasteiger partial charge < -0.3 is 10.3 Å². The van der Waals surface area contributed by atoms with E-state index in [-0.39, 0.29) is 0 Å². The maximum Gasteiger partial charge on any atom is 0.190 e. The third-order valence-electron chi connectivity index (χ3n) is 2.71. The Morgan fingerprint density at radius 2 is 2.00 bits per heavy atom. The van der Waals surface area contributed by atoms with E-state index in [2.05, 4.69) is 24.0 Å². The van der Waals surface area contributed by atoms with Crippen LogP contribution < -0.4 is 5.73 Å². The quantitative estimate of drug-likeness (QED) is 0.754. The van der Waals surface area contributed by atoms with Gasteiger partial charge in [-0.1, -0.05) is 38.5 Å². The molecular weight excluding hydrogens is 208 g/mol. The summed E-state index contributed by atoms with van der Waals surface area (Å²) in [5, 5.41) is 9.13. The standard InChI is InChI=1S/C10H20N4S/c1-4-8(5-2)7-15-10-13-12-9(6-11)14(10)3/h8H,4-7,11H2,1-3H3. The van der Waals surface area contributed by atoms with Gasteiger partial charge >= 0.3 is 0 Å². The van der Waals surface area contributed by atoms with Gasteiger partial charge in [0.1, 0.15) is 5.82 Å². The Bertz CT molecular complexity index is 294. The molecule has 0 unspecified atom stereocenters. The lowest BCUT2D eigenvalue weighted by molar-refractivity contribution is 0.552. The second-order valence-corrected chi connectivity index (χ2v) is 4.64. The van der Waals surface area contributed by atoms with Crippen LogP contribution in [0.25, 0.3) is 0 Å². The Kier molecular flexibility index (Phi) is 5.11. The van der Waals surface area contributed by atoms with Crippen molar-refractivity contribution in [2.75, 3.05) is 5.75 Å². The van der Waals surface area contributed by atoms with Gasteiger partial charge in [-0.3, -0.25) is 0 Å². The van der Waals surface area contributed by atoms with Crippen LogP contribution in [0.4, 0.5) is 0 Å². The smallest absolute Gasteiger partial charge is 0.190 e. The maximum absolute atomic E-state index is 5.54. The van der Waals surface area contributed by atoms with Gasteiger partial charge in [-0.2, -0.15) is 0 Å². The second-order valence-electron chi connectivity index (χ2n) is 3.66. The molecule has 0 aliphatic heterocycles. The Morgan fingerprint density at radius 1 is 1.33 bits per heavy atom. The van der Waals surface area contributed by atoms with E-state index in [4.69, 9.17) is 5.73 Å². The molecule has 1 aromatic rings. The molecule has 0 bridgehead atoms. The highest BCUT2D eigenvalue weighted by molar-refractivity contribution is 7.99. The van der Waals surface area contributed by atoms with Crippen molar-refractivity contribution in [2.24, 2.45) is 18.7 Å². The molecule has 4 nitrogen and oxygen atoms in total. The van der Waals surface area contributed by atoms with Crippen LogP contribution in [0.2, 0.25) is 0 Å². The van der Waals surface area contributed by atoms with Gasteiger partial charge in [0, 0.05) is 12.8 Å². The molecule has 0 amide bonds. The van der Waals surface area contributed by atoms with Crippen molar-refractivity contribution in [2.45, 2.75) is 38.4 Å². The van der Waals surface area contributed by atoms with E-state index in [0.717, 1.165) is 22.7 Å². The zero-order valence-corrected chi connectivity index (χ0v) is 10.5. The summed E-state index contributed by atoms with van der Waals surface area (Å²) >= 11 is 1.77. The number of hydrogen-bond acceptors (Lipinski definition) is 4. The average molecular weight is 228 g/mol. The molecule has 0 saturated heterocycles. The minimum Gasteiger partial charge on any atom is -0.324 e. The summed E-state index contributed by atoms with van der Waals surface area (Å²) in [4.78, 5) is 0. The number of aromatic nitrogens is 3. The fraction of sp³-hybridized carbons (Fsp3) is 0.800. The molecule has 0 aromatic carbocycles. The van der Waals surface area contributed by atoms with E-state index in [9.17, 15) is 0 Å². The second kappa shape index (κ2) is 6.12. The summed E-state index contributed by atoms with van der Waals surface area (Å²) in [6, 6.07) is 0. The van der Waals surface area contributed by atoms with Crippen molar-refractivity contribution < 1.29 is 0 Å². The highest BCUT2D eigenvalue weighted by Crippen LogP contribution is 2.21. The minimum atomic E-state index is 0.453. The number of nitrogens with zero attached hydrogens (tertiary/aromatic N) is 3. The first-order valence-corrected chi connectivity index (χ1v) is 6.42. The van der Waals surface area contributed by atoms with Gasteiger partial charge in [0.2, 0.25) is 0 Å². The normalized spacial score (nSPS) is 11.3. The van der Waals surface area contributed by atoms with Crippen molar-refractivity contribution in [1.29, 1.82) is 0 Å². The van der Waals surface area contributed by atoms with Crippen LogP contribution in [0, 0.1) is 5.92 Å². The highest BCUT2D eigenvalue weighted by Gasteiger charge is 2.10. The fourth-order valence-electron chi connectivity index (χ4n) is 1.37. The fourth-order valence-corrected chi connectivity index (χ4v) is 2.62. The van der Waals surface area contributed by atoms with Crippen LogP contribution in [0.1, 0.15) is 32.5 Å². The molecule has 1 rings (SSSR count). The first kappa shape index (κ1) is 12.5. The lowest BCUT2D eigenvalue weighted by Crippen LogP contribution is -2.06. The highest BCUT2D eigenvalue weighted by atomic mass is 32.2. The molecule has 0 spiro atoms. The Morgan fingerprint density at radius 3 is 2.47 bits per heavy atom. The predicted molar refractivity (Wildman–Crippen MR) is 63.7 cm³/mol. The van der Waals surface area contributed by atoms with Gasteiger partial charge in [-0.15, -0.1) is 10.2 Å². The monoisotopic (exact) mass is 228 g/mol. The van der Waals surface area contributed by atoms with Crippen LogP contribution in [-0.4, -0.2) is 20.5 Å². The van der Waals surface area contributed by atoms with E-state index in [1.807, 2.05) is 11.6 Å². The Labute approximate surface area is 95.6 Å². The molecule has 0 aliphatic rings. The SMILES string of the molecule is CCC(CC)CSc1nnc(CN)n1C. The van der Waals surface area contributed by atoms with E-state index < -0.39 is 0 Å². The molecule has 0 aliphatic carbocycles. The largest absolute Gasteiger partial charge is 0.324 e. The summed E-state index contributed by atoms with van der Waals surface area (Å²) < 4.78 is 1.98. The van der Waals surface area contributed by atoms with Gasteiger partial charge in [0.15, 0.2) is 5.16 Å². The zero-order chi connectivity index (χ0) is 11.3. The van der Waals surface area contributed by atoms with Crippen molar-refractivity contribution in [3.8, 4) is 0 Å². The van der Waals surface area contributed by atoms with E-state index in [1.165, 1.54) is 12.8 Å². The molecule has 0 radical (unpaired) electrons. The van der Waals surface area contributed by atoms with Crippen LogP contribution in [0.5, 0.6) is 0 Å².